The summed E-state index contributed by atoms with van der Waals surface area (Å²) in [6, 6.07) is 5.48. The molecule has 0 aliphatic heterocycles. The lowest BCUT2D eigenvalue weighted by Gasteiger charge is -2.00. The molecule has 1 heterocycles. The zero-order valence-electron chi connectivity index (χ0n) is 6.99. The number of methoxy groups -OCH3 is 1. The van der Waals surface area contributed by atoms with Crippen LogP contribution >= 0.6 is 11.6 Å². The van der Waals surface area contributed by atoms with Gasteiger partial charge >= 0.3 is 0 Å². The van der Waals surface area contributed by atoms with Crippen molar-refractivity contribution in [1.29, 1.82) is 0 Å². The Labute approximate surface area is 80.3 Å². The molecule has 0 N–H and O–H groups in total. The second-order valence-electron chi connectivity index (χ2n) is 2.55. The van der Waals surface area contributed by atoms with E-state index in [0.717, 1.165) is 16.8 Å². The van der Waals surface area contributed by atoms with Gasteiger partial charge in [-0.3, -0.25) is 4.98 Å². The molecule has 1 aromatic heterocycles. The topological polar surface area (TPSA) is 35.0 Å². The number of halogens is 1. The van der Waals surface area contributed by atoms with Crippen molar-refractivity contribution in [2.45, 2.75) is 0 Å². The quantitative estimate of drug-likeness (QED) is 0.699. The Balaban J connectivity index is 2.68. The Morgan fingerprint density at radius 1 is 1.31 bits per heavy atom. The average Bonchev–Trinajstić information content (AvgIpc) is 2.16. The van der Waals surface area contributed by atoms with Gasteiger partial charge in [0.05, 0.1) is 24.3 Å². The van der Waals surface area contributed by atoms with Crippen LogP contribution in [0.25, 0.3) is 11.0 Å². The average molecular weight is 195 g/mol. The van der Waals surface area contributed by atoms with Crippen LogP contribution in [-0.4, -0.2) is 17.1 Å². The molecule has 2 aromatic rings. The van der Waals surface area contributed by atoms with E-state index in [2.05, 4.69) is 9.97 Å². The van der Waals surface area contributed by atoms with E-state index in [1.54, 1.807) is 13.2 Å². The molecule has 0 saturated heterocycles. The summed E-state index contributed by atoms with van der Waals surface area (Å²) in [7, 11) is 1.61. The number of hydrogen-bond acceptors (Lipinski definition) is 3. The summed E-state index contributed by atoms with van der Waals surface area (Å²) in [6.45, 7) is 0. The number of ether oxygens (including phenoxy) is 1. The minimum absolute atomic E-state index is 0.390. The summed E-state index contributed by atoms with van der Waals surface area (Å²) in [5.74, 6) is 0.754. The van der Waals surface area contributed by atoms with Crippen LogP contribution in [-0.2, 0) is 0 Å². The van der Waals surface area contributed by atoms with Crippen LogP contribution in [0.1, 0.15) is 0 Å². The molecular formula is C9H7ClN2O. The number of hydrogen-bond donors (Lipinski definition) is 0. The minimum Gasteiger partial charge on any atom is -0.497 e. The van der Waals surface area contributed by atoms with E-state index in [9.17, 15) is 0 Å². The van der Waals surface area contributed by atoms with Crippen LogP contribution in [0.5, 0.6) is 5.75 Å². The van der Waals surface area contributed by atoms with E-state index in [1.165, 1.54) is 6.20 Å². The summed E-state index contributed by atoms with van der Waals surface area (Å²) >= 11 is 5.70. The predicted molar refractivity (Wildman–Crippen MR) is 51.1 cm³/mol. The zero-order chi connectivity index (χ0) is 9.26. The van der Waals surface area contributed by atoms with Gasteiger partial charge in [-0.1, -0.05) is 11.6 Å². The fraction of sp³-hybridized carbons (Fsp3) is 0.111. The molecule has 0 fully saturated rings. The largest absolute Gasteiger partial charge is 0.497 e. The standard InChI is InChI=1S/C9H7ClN2O/c1-13-6-2-3-7-8(4-6)12-9(10)5-11-7/h2-5H,1H3. The maximum atomic E-state index is 5.70. The SMILES string of the molecule is COc1ccc2ncc(Cl)nc2c1. The van der Waals surface area contributed by atoms with Crippen LogP contribution < -0.4 is 4.74 Å². The smallest absolute Gasteiger partial charge is 0.148 e. The molecule has 66 valence electrons. The predicted octanol–water partition coefficient (Wildman–Crippen LogP) is 2.29. The van der Waals surface area contributed by atoms with Gasteiger partial charge in [0.2, 0.25) is 0 Å². The van der Waals surface area contributed by atoms with E-state index < -0.39 is 0 Å². The lowest BCUT2D eigenvalue weighted by molar-refractivity contribution is 0.415. The van der Waals surface area contributed by atoms with E-state index in [1.807, 2.05) is 12.1 Å². The molecule has 0 bridgehead atoms. The van der Waals surface area contributed by atoms with Crippen LogP contribution in [0.2, 0.25) is 5.15 Å². The lowest BCUT2D eigenvalue weighted by atomic mass is 10.3. The highest BCUT2D eigenvalue weighted by Crippen LogP contribution is 2.18. The molecule has 0 unspecified atom stereocenters. The first-order valence-corrected chi connectivity index (χ1v) is 4.14. The maximum Gasteiger partial charge on any atom is 0.148 e. The van der Waals surface area contributed by atoms with Crippen LogP contribution in [0.3, 0.4) is 0 Å². The molecule has 2 rings (SSSR count). The van der Waals surface area contributed by atoms with Crippen molar-refractivity contribution in [2.75, 3.05) is 7.11 Å². The molecular weight excluding hydrogens is 188 g/mol. The normalized spacial score (nSPS) is 10.3. The first-order valence-electron chi connectivity index (χ1n) is 3.76. The van der Waals surface area contributed by atoms with Crippen LogP contribution in [0.4, 0.5) is 0 Å². The molecule has 3 nitrogen and oxygen atoms in total. The maximum absolute atomic E-state index is 5.70. The van der Waals surface area contributed by atoms with Crippen LogP contribution in [0.15, 0.2) is 24.4 Å². The molecule has 0 atom stereocenters. The second-order valence-corrected chi connectivity index (χ2v) is 2.93. The Bertz CT molecular complexity index is 445. The summed E-state index contributed by atoms with van der Waals surface area (Å²) in [6.07, 6.45) is 1.52. The number of aromatic nitrogens is 2. The van der Waals surface area contributed by atoms with E-state index >= 15 is 0 Å². The summed E-state index contributed by atoms with van der Waals surface area (Å²) in [5, 5.41) is 0.390. The van der Waals surface area contributed by atoms with Gasteiger partial charge < -0.3 is 4.74 Å². The fourth-order valence-corrected chi connectivity index (χ4v) is 1.24. The third-order valence-electron chi connectivity index (χ3n) is 1.72. The lowest BCUT2D eigenvalue weighted by Crippen LogP contribution is -1.86. The molecule has 0 aliphatic carbocycles. The Hall–Kier alpha value is -1.35. The van der Waals surface area contributed by atoms with Crippen molar-refractivity contribution in [3.05, 3.63) is 29.5 Å². The third-order valence-corrected chi connectivity index (χ3v) is 1.90. The molecule has 0 spiro atoms. The van der Waals surface area contributed by atoms with Gasteiger partial charge in [-0.05, 0) is 12.1 Å². The molecule has 1 aromatic carbocycles. The van der Waals surface area contributed by atoms with Gasteiger partial charge in [-0.2, -0.15) is 0 Å². The molecule has 0 saturated carbocycles. The molecule has 4 heteroatoms. The van der Waals surface area contributed by atoms with Crippen molar-refractivity contribution >= 4 is 22.6 Å². The van der Waals surface area contributed by atoms with Gasteiger partial charge in [-0.25, -0.2) is 4.98 Å². The van der Waals surface area contributed by atoms with Crippen molar-refractivity contribution in [2.24, 2.45) is 0 Å². The number of benzene rings is 1. The highest BCUT2D eigenvalue weighted by molar-refractivity contribution is 6.29. The highest BCUT2D eigenvalue weighted by atomic mass is 35.5. The zero-order valence-corrected chi connectivity index (χ0v) is 7.75. The van der Waals surface area contributed by atoms with Crippen molar-refractivity contribution < 1.29 is 4.74 Å². The number of rotatable bonds is 1. The summed E-state index contributed by atoms with van der Waals surface area (Å²) in [5.41, 5.74) is 1.55. The van der Waals surface area contributed by atoms with Gasteiger partial charge in [-0.15, -0.1) is 0 Å². The molecule has 13 heavy (non-hydrogen) atoms. The van der Waals surface area contributed by atoms with Gasteiger partial charge in [0.1, 0.15) is 10.9 Å². The monoisotopic (exact) mass is 194 g/mol. The Morgan fingerprint density at radius 2 is 2.15 bits per heavy atom. The first-order chi connectivity index (χ1) is 6.29. The number of nitrogens with zero attached hydrogens (tertiary/aromatic N) is 2. The fourth-order valence-electron chi connectivity index (χ4n) is 1.10. The second kappa shape index (κ2) is 3.18. The minimum atomic E-state index is 0.390. The van der Waals surface area contributed by atoms with E-state index in [0.29, 0.717) is 5.15 Å². The third kappa shape index (κ3) is 1.55. The molecule has 0 amide bonds. The van der Waals surface area contributed by atoms with Gasteiger partial charge in [0, 0.05) is 6.07 Å². The molecule has 0 aliphatic rings. The van der Waals surface area contributed by atoms with Crippen molar-refractivity contribution in [1.82, 2.24) is 9.97 Å². The first kappa shape index (κ1) is 8.26. The summed E-state index contributed by atoms with van der Waals surface area (Å²) in [4.78, 5) is 8.21. The Kier molecular flexibility index (Phi) is 2.02. The van der Waals surface area contributed by atoms with Gasteiger partial charge in [0.25, 0.3) is 0 Å². The van der Waals surface area contributed by atoms with Gasteiger partial charge in [0.15, 0.2) is 0 Å². The van der Waals surface area contributed by atoms with E-state index in [-0.39, 0.29) is 0 Å². The van der Waals surface area contributed by atoms with Crippen molar-refractivity contribution in [3.8, 4) is 5.75 Å². The molecule has 0 radical (unpaired) electrons. The highest BCUT2D eigenvalue weighted by Gasteiger charge is 1.99. The van der Waals surface area contributed by atoms with Crippen molar-refractivity contribution in [3.63, 3.8) is 0 Å². The van der Waals surface area contributed by atoms with Crippen LogP contribution in [0, 0.1) is 0 Å². The number of fused-ring (bicyclic) bond motifs is 1. The Morgan fingerprint density at radius 3 is 2.92 bits per heavy atom. The summed E-state index contributed by atoms with van der Waals surface area (Å²) < 4.78 is 5.05. The van der Waals surface area contributed by atoms with E-state index in [4.69, 9.17) is 16.3 Å².